The van der Waals surface area contributed by atoms with Crippen molar-refractivity contribution >= 4 is 27.7 Å². The second kappa shape index (κ2) is 11.7. The van der Waals surface area contributed by atoms with E-state index in [9.17, 15) is 13.2 Å². The van der Waals surface area contributed by atoms with Gasteiger partial charge in [-0.05, 0) is 36.2 Å². The highest BCUT2D eigenvalue weighted by atomic mass is 32.2. The van der Waals surface area contributed by atoms with Gasteiger partial charge < -0.3 is 19.1 Å². The molecule has 1 aliphatic rings. The summed E-state index contributed by atoms with van der Waals surface area (Å²) in [6.07, 6.45) is 2.03. The van der Waals surface area contributed by atoms with Crippen LogP contribution in [-0.2, 0) is 26.0 Å². The fourth-order valence-electron chi connectivity index (χ4n) is 3.24. The number of pyridine rings is 1. The molecule has 9 nitrogen and oxygen atoms in total. The molecule has 0 saturated carbocycles. The van der Waals surface area contributed by atoms with Gasteiger partial charge in [-0.3, -0.25) is 4.79 Å². The molecule has 0 aliphatic carbocycles. The van der Waals surface area contributed by atoms with E-state index in [4.69, 9.17) is 14.2 Å². The van der Waals surface area contributed by atoms with Crippen molar-refractivity contribution in [3.8, 4) is 11.5 Å². The Hall–Kier alpha value is -2.34. The summed E-state index contributed by atoms with van der Waals surface area (Å²) in [5.41, 5.74) is 1.04. The number of amides is 1. The van der Waals surface area contributed by atoms with Gasteiger partial charge in [0.05, 0.1) is 38.2 Å². The van der Waals surface area contributed by atoms with Crippen molar-refractivity contribution in [2.45, 2.75) is 16.3 Å². The first-order chi connectivity index (χ1) is 15.8. The van der Waals surface area contributed by atoms with Crippen molar-refractivity contribution in [2.24, 2.45) is 0 Å². The van der Waals surface area contributed by atoms with Crippen molar-refractivity contribution in [2.75, 3.05) is 59.9 Å². The number of methoxy groups -OCH3 is 2. The predicted octanol–water partition coefficient (Wildman–Crippen LogP) is 1.91. The number of aromatic nitrogens is 1. The number of likely N-dealkylation sites (N-methyl/N-ethyl adjacent to an activating group) is 1. The molecule has 0 N–H and O–H groups in total. The van der Waals surface area contributed by atoms with E-state index >= 15 is 0 Å². The highest BCUT2D eigenvalue weighted by Gasteiger charge is 2.26. The molecular formula is C22H29N3O6S2. The first-order valence-electron chi connectivity index (χ1n) is 10.5. The van der Waals surface area contributed by atoms with Gasteiger partial charge in [0, 0.05) is 32.9 Å². The van der Waals surface area contributed by atoms with Gasteiger partial charge in [-0.25, -0.2) is 13.4 Å². The summed E-state index contributed by atoms with van der Waals surface area (Å²) in [6.45, 7) is 2.01. The molecular weight excluding hydrogens is 466 g/mol. The molecule has 2 aromatic rings. The van der Waals surface area contributed by atoms with Gasteiger partial charge in [0.25, 0.3) is 0 Å². The van der Waals surface area contributed by atoms with Crippen molar-refractivity contribution in [1.29, 1.82) is 0 Å². The Morgan fingerprint density at radius 3 is 2.52 bits per heavy atom. The number of morpholine rings is 1. The third kappa shape index (κ3) is 6.59. The van der Waals surface area contributed by atoms with E-state index in [-0.39, 0.29) is 16.6 Å². The normalized spacial score (nSPS) is 14.6. The molecule has 180 valence electrons. The highest BCUT2D eigenvalue weighted by Crippen LogP contribution is 2.27. The van der Waals surface area contributed by atoms with Crippen LogP contribution < -0.4 is 9.47 Å². The van der Waals surface area contributed by atoms with Crippen LogP contribution in [0, 0.1) is 0 Å². The Morgan fingerprint density at radius 2 is 1.88 bits per heavy atom. The van der Waals surface area contributed by atoms with Gasteiger partial charge in [0.1, 0.15) is 4.90 Å². The van der Waals surface area contributed by atoms with Gasteiger partial charge in [-0.2, -0.15) is 4.31 Å². The summed E-state index contributed by atoms with van der Waals surface area (Å²) in [4.78, 5) is 18.6. The minimum Gasteiger partial charge on any atom is -0.493 e. The molecule has 0 unspecified atom stereocenters. The first-order valence-corrected chi connectivity index (χ1v) is 12.9. The average molecular weight is 496 g/mol. The zero-order chi connectivity index (χ0) is 23.8. The summed E-state index contributed by atoms with van der Waals surface area (Å²) in [6, 6.07) is 8.87. The third-order valence-electron chi connectivity index (χ3n) is 5.27. The molecule has 33 heavy (non-hydrogen) atoms. The van der Waals surface area contributed by atoms with E-state index in [0.29, 0.717) is 55.8 Å². The van der Waals surface area contributed by atoms with E-state index < -0.39 is 10.0 Å². The Labute approximate surface area is 199 Å². The van der Waals surface area contributed by atoms with Crippen molar-refractivity contribution in [3.63, 3.8) is 0 Å². The lowest BCUT2D eigenvalue weighted by atomic mass is 10.1. The van der Waals surface area contributed by atoms with Crippen LogP contribution in [0.3, 0.4) is 0 Å². The number of carbonyl (C=O) groups excluding carboxylic acids is 1. The van der Waals surface area contributed by atoms with Gasteiger partial charge in [0.15, 0.2) is 11.5 Å². The molecule has 3 rings (SSSR count). The van der Waals surface area contributed by atoms with E-state index in [2.05, 4.69) is 4.98 Å². The van der Waals surface area contributed by atoms with Crippen LogP contribution in [0.15, 0.2) is 46.5 Å². The van der Waals surface area contributed by atoms with E-state index in [0.717, 1.165) is 5.56 Å². The van der Waals surface area contributed by atoms with E-state index in [1.807, 2.05) is 18.2 Å². The number of ether oxygens (including phenoxy) is 3. The standard InChI is InChI=1S/C22H29N3O6S2/c1-24(9-8-17-4-6-19(29-2)20(14-17)30-3)22(26)16-32-21-7-5-18(15-23-21)33(27,28)25-10-12-31-13-11-25/h4-7,14-15H,8-13,16H2,1-3H3. The number of hydrogen-bond donors (Lipinski definition) is 0. The maximum Gasteiger partial charge on any atom is 0.244 e. The monoisotopic (exact) mass is 495 g/mol. The summed E-state index contributed by atoms with van der Waals surface area (Å²) < 4.78 is 42.5. The van der Waals surface area contributed by atoms with Crippen LogP contribution in [0.4, 0.5) is 0 Å². The summed E-state index contributed by atoms with van der Waals surface area (Å²) in [5.74, 6) is 1.50. The number of carbonyl (C=O) groups is 1. The number of hydrogen-bond acceptors (Lipinski definition) is 8. The fraction of sp³-hybridized carbons (Fsp3) is 0.455. The van der Waals surface area contributed by atoms with Crippen molar-refractivity contribution < 1.29 is 27.4 Å². The Kier molecular flexibility index (Phi) is 8.95. The minimum atomic E-state index is -3.58. The largest absolute Gasteiger partial charge is 0.493 e. The lowest BCUT2D eigenvalue weighted by Gasteiger charge is -2.25. The molecule has 0 atom stereocenters. The Bertz CT molecular complexity index is 1040. The van der Waals surface area contributed by atoms with Crippen molar-refractivity contribution in [3.05, 3.63) is 42.1 Å². The molecule has 1 aliphatic heterocycles. The number of rotatable bonds is 10. The third-order valence-corrected chi connectivity index (χ3v) is 8.08. The second-order valence-electron chi connectivity index (χ2n) is 7.39. The zero-order valence-corrected chi connectivity index (χ0v) is 20.7. The molecule has 0 spiro atoms. The number of thioether (sulfide) groups is 1. The fourth-order valence-corrected chi connectivity index (χ4v) is 5.38. The maximum atomic E-state index is 12.7. The molecule has 1 aromatic heterocycles. The number of nitrogens with zero attached hydrogens (tertiary/aromatic N) is 3. The van der Waals surface area contributed by atoms with E-state index in [1.54, 1.807) is 32.2 Å². The lowest BCUT2D eigenvalue weighted by molar-refractivity contribution is -0.127. The van der Waals surface area contributed by atoms with Crippen LogP contribution in [-0.4, -0.2) is 88.4 Å². The SMILES string of the molecule is COc1ccc(CCN(C)C(=O)CSc2ccc(S(=O)(=O)N3CCOCC3)cn2)cc1OC. The maximum absolute atomic E-state index is 12.7. The molecule has 1 amide bonds. The number of benzene rings is 1. The van der Waals surface area contributed by atoms with Crippen molar-refractivity contribution in [1.82, 2.24) is 14.2 Å². The van der Waals surface area contributed by atoms with Crippen LogP contribution in [0.1, 0.15) is 5.56 Å². The topological polar surface area (TPSA) is 98.3 Å². The molecule has 1 saturated heterocycles. The van der Waals surface area contributed by atoms with Crippen LogP contribution in [0.5, 0.6) is 11.5 Å². The Balaban J connectivity index is 1.50. The second-order valence-corrected chi connectivity index (χ2v) is 10.3. The smallest absolute Gasteiger partial charge is 0.244 e. The quantitative estimate of drug-likeness (QED) is 0.461. The number of sulfonamides is 1. The molecule has 1 aromatic carbocycles. The minimum absolute atomic E-state index is 0.0349. The summed E-state index contributed by atoms with van der Waals surface area (Å²) >= 11 is 1.28. The summed E-state index contributed by atoms with van der Waals surface area (Å²) in [7, 11) is 1.36. The van der Waals surface area contributed by atoms with Gasteiger partial charge >= 0.3 is 0 Å². The molecule has 2 heterocycles. The van der Waals surface area contributed by atoms with E-state index in [1.165, 1.54) is 28.3 Å². The van der Waals surface area contributed by atoms with Crippen LogP contribution in [0.2, 0.25) is 0 Å². The van der Waals surface area contributed by atoms with Gasteiger partial charge in [0.2, 0.25) is 15.9 Å². The zero-order valence-electron chi connectivity index (χ0n) is 19.0. The predicted molar refractivity (Wildman–Crippen MR) is 125 cm³/mol. The van der Waals surface area contributed by atoms with Crippen LogP contribution in [0.25, 0.3) is 0 Å². The highest BCUT2D eigenvalue weighted by molar-refractivity contribution is 7.99. The molecule has 11 heteroatoms. The Morgan fingerprint density at radius 1 is 1.15 bits per heavy atom. The summed E-state index contributed by atoms with van der Waals surface area (Å²) in [5, 5.41) is 0.595. The molecule has 1 fully saturated rings. The van der Waals surface area contributed by atoms with Gasteiger partial charge in [-0.15, -0.1) is 0 Å². The molecule has 0 radical (unpaired) electrons. The first kappa shape index (κ1) is 25.3. The van der Waals surface area contributed by atoms with Gasteiger partial charge in [-0.1, -0.05) is 17.8 Å². The van der Waals surface area contributed by atoms with Crippen LogP contribution >= 0.6 is 11.8 Å². The lowest BCUT2D eigenvalue weighted by Crippen LogP contribution is -2.40. The molecule has 0 bridgehead atoms. The average Bonchev–Trinajstić information content (AvgIpc) is 2.86.